The van der Waals surface area contributed by atoms with Gasteiger partial charge in [-0.15, -0.1) is 0 Å². The zero-order valence-electron chi connectivity index (χ0n) is 10.7. The summed E-state index contributed by atoms with van der Waals surface area (Å²) in [5.41, 5.74) is 1.41. The Balaban J connectivity index is 2.02. The molecule has 1 nitrogen and oxygen atoms in total. The molecular weight excluding hydrogens is 230 g/mol. The Morgan fingerprint density at radius 1 is 1.24 bits per heavy atom. The summed E-state index contributed by atoms with van der Waals surface area (Å²) in [6.07, 6.45) is 7.87. The molecule has 0 radical (unpaired) electrons. The summed E-state index contributed by atoms with van der Waals surface area (Å²) < 4.78 is 0. The van der Waals surface area contributed by atoms with Gasteiger partial charge in [0.25, 0.3) is 0 Å². The Morgan fingerprint density at radius 2 is 1.82 bits per heavy atom. The number of nitriles is 1. The topological polar surface area (TPSA) is 23.8 Å². The van der Waals surface area contributed by atoms with Crippen LogP contribution in [0.5, 0.6) is 0 Å². The molecule has 2 heteroatoms. The Labute approximate surface area is 109 Å². The van der Waals surface area contributed by atoms with Crippen LogP contribution in [0.25, 0.3) is 0 Å². The summed E-state index contributed by atoms with van der Waals surface area (Å²) in [5.74, 6) is 1.72. The molecular formula is C15H20ClN. The maximum atomic E-state index is 9.08. The van der Waals surface area contributed by atoms with Crippen LogP contribution in [0.1, 0.15) is 52.4 Å². The van der Waals surface area contributed by atoms with Crippen molar-refractivity contribution in [2.24, 2.45) is 22.7 Å². The maximum Gasteiger partial charge on any atom is 0.0956 e. The van der Waals surface area contributed by atoms with E-state index in [0.717, 1.165) is 22.4 Å². The highest BCUT2D eigenvalue weighted by molar-refractivity contribution is 6.31. The van der Waals surface area contributed by atoms with Crippen molar-refractivity contribution in [3.63, 3.8) is 0 Å². The van der Waals surface area contributed by atoms with Gasteiger partial charge in [-0.1, -0.05) is 18.5 Å². The molecule has 4 rings (SSSR count). The highest BCUT2D eigenvalue weighted by atomic mass is 35.5. The average Bonchev–Trinajstić information content (AvgIpc) is 2.23. The second kappa shape index (κ2) is 3.51. The van der Waals surface area contributed by atoms with E-state index in [1.807, 2.05) is 6.92 Å². The lowest BCUT2D eigenvalue weighted by molar-refractivity contribution is -0.0799. The van der Waals surface area contributed by atoms with E-state index in [-0.39, 0.29) is 5.41 Å². The zero-order chi connectivity index (χ0) is 12.3. The first-order valence-corrected chi connectivity index (χ1v) is 7.11. The molecule has 4 aliphatic rings. The molecule has 0 spiro atoms. The van der Waals surface area contributed by atoms with Crippen LogP contribution in [-0.4, -0.2) is 0 Å². The number of hydrogen-bond acceptors (Lipinski definition) is 1. The van der Waals surface area contributed by atoms with Crippen molar-refractivity contribution < 1.29 is 0 Å². The molecule has 4 saturated carbocycles. The second-order valence-electron chi connectivity index (χ2n) is 7.10. The van der Waals surface area contributed by atoms with Gasteiger partial charge in [0, 0.05) is 16.0 Å². The van der Waals surface area contributed by atoms with Gasteiger partial charge in [-0.05, 0) is 62.7 Å². The Kier molecular flexibility index (Phi) is 2.40. The van der Waals surface area contributed by atoms with Gasteiger partial charge < -0.3 is 0 Å². The van der Waals surface area contributed by atoms with Crippen molar-refractivity contribution in [2.45, 2.75) is 52.4 Å². The minimum Gasteiger partial charge on any atom is -0.193 e. The van der Waals surface area contributed by atoms with Gasteiger partial charge in [0.2, 0.25) is 0 Å². The predicted molar refractivity (Wildman–Crippen MR) is 69.4 cm³/mol. The van der Waals surface area contributed by atoms with Gasteiger partial charge in [-0.3, -0.25) is 0 Å². The molecule has 0 saturated heterocycles. The van der Waals surface area contributed by atoms with E-state index >= 15 is 0 Å². The van der Waals surface area contributed by atoms with Crippen LogP contribution in [0, 0.1) is 34.0 Å². The SMILES string of the molecule is CC(C#N)=C(Cl)C12CC3CC(CC(C)(C3)C1)C2. The predicted octanol–water partition coefficient (Wildman–Crippen LogP) is 4.63. The highest BCUT2D eigenvalue weighted by Gasteiger charge is 2.57. The van der Waals surface area contributed by atoms with Crippen LogP contribution in [0.3, 0.4) is 0 Å². The first-order valence-electron chi connectivity index (χ1n) is 6.73. The molecule has 0 N–H and O–H groups in total. The van der Waals surface area contributed by atoms with E-state index in [2.05, 4.69) is 13.0 Å². The molecule has 0 heterocycles. The van der Waals surface area contributed by atoms with Crippen LogP contribution in [0.4, 0.5) is 0 Å². The monoisotopic (exact) mass is 249 g/mol. The number of nitrogens with zero attached hydrogens (tertiary/aromatic N) is 1. The Morgan fingerprint density at radius 3 is 2.29 bits per heavy atom. The van der Waals surface area contributed by atoms with Crippen LogP contribution in [0.2, 0.25) is 0 Å². The van der Waals surface area contributed by atoms with E-state index in [0.29, 0.717) is 5.41 Å². The molecule has 0 aromatic carbocycles. The molecule has 92 valence electrons. The smallest absolute Gasteiger partial charge is 0.0956 e. The van der Waals surface area contributed by atoms with Gasteiger partial charge in [0.15, 0.2) is 0 Å². The fourth-order valence-electron chi connectivity index (χ4n) is 5.42. The van der Waals surface area contributed by atoms with Gasteiger partial charge in [-0.2, -0.15) is 5.26 Å². The van der Waals surface area contributed by atoms with E-state index in [1.165, 1.54) is 38.5 Å². The molecule has 4 aliphatic carbocycles. The highest BCUT2D eigenvalue weighted by Crippen LogP contribution is 2.68. The number of halogens is 1. The zero-order valence-corrected chi connectivity index (χ0v) is 11.5. The third kappa shape index (κ3) is 1.65. The third-order valence-corrected chi connectivity index (χ3v) is 6.00. The van der Waals surface area contributed by atoms with E-state index in [9.17, 15) is 0 Å². The third-order valence-electron chi connectivity index (χ3n) is 5.32. The first-order chi connectivity index (χ1) is 7.96. The summed E-state index contributed by atoms with van der Waals surface area (Å²) >= 11 is 6.57. The fourth-order valence-corrected chi connectivity index (χ4v) is 5.69. The lowest BCUT2D eigenvalue weighted by Crippen LogP contribution is -2.51. The summed E-state index contributed by atoms with van der Waals surface area (Å²) in [4.78, 5) is 0. The minimum atomic E-state index is 0.167. The van der Waals surface area contributed by atoms with Crippen molar-refractivity contribution in [2.75, 3.05) is 0 Å². The van der Waals surface area contributed by atoms with E-state index in [1.54, 1.807) is 0 Å². The molecule has 0 aliphatic heterocycles. The van der Waals surface area contributed by atoms with E-state index in [4.69, 9.17) is 16.9 Å². The number of allylic oxidation sites excluding steroid dienone is 2. The van der Waals surface area contributed by atoms with Crippen LogP contribution < -0.4 is 0 Å². The number of hydrogen-bond donors (Lipinski definition) is 0. The molecule has 4 bridgehead atoms. The van der Waals surface area contributed by atoms with Crippen LogP contribution in [-0.2, 0) is 0 Å². The van der Waals surface area contributed by atoms with E-state index < -0.39 is 0 Å². The van der Waals surface area contributed by atoms with Gasteiger partial charge in [-0.25, -0.2) is 0 Å². The van der Waals surface area contributed by atoms with Crippen molar-refractivity contribution in [3.8, 4) is 6.07 Å². The summed E-state index contributed by atoms with van der Waals surface area (Å²) in [6.45, 7) is 4.31. The second-order valence-corrected chi connectivity index (χ2v) is 7.48. The molecule has 2 unspecified atom stereocenters. The molecule has 4 fully saturated rings. The lowest BCUT2D eigenvalue weighted by Gasteiger charge is -2.61. The van der Waals surface area contributed by atoms with Crippen LogP contribution in [0.15, 0.2) is 10.6 Å². The normalized spacial score (nSPS) is 48.8. The summed E-state index contributed by atoms with van der Waals surface area (Å²) in [7, 11) is 0. The number of rotatable bonds is 1. The van der Waals surface area contributed by atoms with Crippen molar-refractivity contribution in [1.29, 1.82) is 5.26 Å². The summed E-state index contributed by atoms with van der Waals surface area (Å²) in [6, 6.07) is 2.25. The molecule has 0 aromatic heterocycles. The van der Waals surface area contributed by atoms with Gasteiger partial charge >= 0.3 is 0 Å². The average molecular weight is 250 g/mol. The molecule has 0 aromatic rings. The van der Waals surface area contributed by atoms with Crippen molar-refractivity contribution in [3.05, 3.63) is 10.6 Å². The van der Waals surface area contributed by atoms with Crippen molar-refractivity contribution in [1.82, 2.24) is 0 Å². The van der Waals surface area contributed by atoms with Crippen LogP contribution >= 0.6 is 11.6 Å². The quantitative estimate of drug-likeness (QED) is 0.622. The molecule has 17 heavy (non-hydrogen) atoms. The fraction of sp³-hybridized carbons (Fsp3) is 0.800. The Bertz CT molecular complexity index is 415. The lowest BCUT2D eigenvalue weighted by atomic mass is 9.44. The maximum absolute atomic E-state index is 9.08. The largest absolute Gasteiger partial charge is 0.193 e. The summed E-state index contributed by atoms with van der Waals surface area (Å²) in [5, 5.41) is 9.97. The first kappa shape index (κ1) is 11.6. The van der Waals surface area contributed by atoms with Crippen molar-refractivity contribution >= 4 is 11.6 Å². The molecule has 0 amide bonds. The van der Waals surface area contributed by atoms with Gasteiger partial charge in [0.1, 0.15) is 0 Å². The minimum absolute atomic E-state index is 0.167. The Hall–Kier alpha value is -0.480. The van der Waals surface area contributed by atoms with Gasteiger partial charge in [0.05, 0.1) is 6.07 Å². The standard InChI is InChI=1S/C15H20ClN/c1-10(8-17)13(16)15-6-11-3-12(7-15)5-14(2,4-11)9-15/h11-12H,3-7,9H2,1-2H3. The molecule has 2 atom stereocenters.